The molecule has 0 saturated carbocycles. The maximum absolute atomic E-state index is 12.6. The predicted molar refractivity (Wildman–Crippen MR) is 88.9 cm³/mol. The fourth-order valence-electron chi connectivity index (χ4n) is 2.84. The molecular formula is C18H20N4O2. The highest BCUT2D eigenvalue weighted by Gasteiger charge is 2.37. The molecule has 1 aliphatic heterocycles. The number of rotatable bonds is 4. The minimum absolute atomic E-state index is 0.0430. The van der Waals surface area contributed by atoms with Crippen LogP contribution >= 0.6 is 0 Å². The Morgan fingerprint density at radius 3 is 2.54 bits per heavy atom. The largest absolute Gasteiger partial charge is 0.335 e. The Kier molecular flexibility index (Phi) is 4.55. The van der Waals surface area contributed by atoms with Crippen LogP contribution in [0.4, 0.5) is 0 Å². The van der Waals surface area contributed by atoms with Crippen molar-refractivity contribution in [1.29, 1.82) is 0 Å². The standard InChI is InChI=1S/C18H20N4O2/c1-13-9-20-15(10-19-13)11-22-16(8-14-6-4-3-5-7-14)18(24)21(2)12-17(22)23/h3-7,9-10,16H,8,11-12H2,1-2H3/t16-/m0/s1. The summed E-state index contributed by atoms with van der Waals surface area (Å²) >= 11 is 0. The minimum atomic E-state index is -0.512. The van der Waals surface area contributed by atoms with Crippen molar-refractivity contribution in [2.75, 3.05) is 13.6 Å². The van der Waals surface area contributed by atoms with Crippen LogP contribution in [0.1, 0.15) is 17.0 Å². The molecule has 6 nitrogen and oxygen atoms in total. The molecule has 124 valence electrons. The molecule has 6 heteroatoms. The lowest BCUT2D eigenvalue weighted by Crippen LogP contribution is -2.59. The first-order valence-corrected chi connectivity index (χ1v) is 7.90. The third-order valence-electron chi connectivity index (χ3n) is 4.17. The molecule has 1 fully saturated rings. The van der Waals surface area contributed by atoms with Gasteiger partial charge in [-0.3, -0.25) is 19.6 Å². The van der Waals surface area contributed by atoms with Crippen LogP contribution in [0, 0.1) is 6.92 Å². The quantitative estimate of drug-likeness (QED) is 0.847. The van der Waals surface area contributed by atoms with Gasteiger partial charge in [-0.05, 0) is 12.5 Å². The lowest BCUT2D eigenvalue weighted by Gasteiger charge is -2.38. The SMILES string of the molecule is Cc1cnc(CN2C(=O)CN(C)C(=O)[C@@H]2Cc2ccccc2)cn1. The Hall–Kier alpha value is -2.76. The highest BCUT2D eigenvalue weighted by atomic mass is 16.2. The summed E-state index contributed by atoms with van der Waals surface area (Å²) in [4.78, 5) is 36.8. The van der Waals surface area contributed by atoms with E-state index < -0.39 is 6.04 Å². The Morgan fingerprint density at radius 2 is 1.88 bits per heavy atom. The predicted octanol–water partition coefficient (Wildman–Crippen LogP) is 1.20. The van der Waals surface area contributed by atoms with E-state index in [4.69, 9.17) is 0 Å². The van der Waals surface area contributed by atoms with Crippen LogP contribution in [0.25, 0.3) is 0 Å². The van der Waals surface area contributed by atoms with E-state index in [1.165, 1.54) is 4.90 Å². The van der Waals surface area contributed by atoms with Gasteiger partial charge in [0, 0.05) is 19.7 Å². The van der Waals surface area contributed by atoms with Crippen LogP contribution in [-0.2, 0) is 22.6 Å². The molecule has 3 rings (SSSR count). The monoisotopic (exact) mass is 324 g/mol. The number of carbonyl (C=O) groups is 2. The maximum Gasteiger partial charge on any atom is 0.245 e. The summed E-state index contributed by atoms with van der Waals surface area (Å²) in [5.74, 6) is -0.112. The van der Waals surface area contributed by atoms with Gasteiger partial charge < -0.3 is 9.80 Å². The number of aryl methyl sites for hydroxylation is 1. The van der Waals surface area contributed by atoms with E-state index in [1.54, 1.807) is 24.3 Å². The number of benzene rings is 1. The maximum atomic E-state index is 12.6. The van der Waals surface area contributed by atoms with Gasteiger partial charge in [0.05, 0.1) is 30.7 Å². The zero-order valence-electron chi connectivity index (χ0n) is 13.8. The van der Waals surface area contributed by atoms with Crippen molar-refractivity contribution in [2.24, 2.45) is 0 Å². The molecule has 2 aromatic rings. The molecule has 0 spiro atoms. The third kappa shape index (κ3) is 3.42. The van der Waals surface area contributed by atoms with Crippen LogP contribution in [0.3, 0.4) is 0 Å². The Bertz CT molecular complexity index is 730. The molecule has 24 heavy (non-hydrogen) atoms. The molecular weight excluding hydrogens is 304 g/mol. The normalized spacial score (nSPS) is 18.2. The van der Waals surface area contributed by atoms with Gasteiger partial charge in [0.25, 0.3) is 0 Å². The first kappa shape index (κ1) is 16.1. The average Bonchev–Trinajstić information content (AvgIpc) is 2.58. The summed E-state index contributed by atoms with van der Waals surface area (Å²) in [6.07, 6.45) is 3.82. The van der Waals surface area contributed by atoms with Crippen molar-refractivity contribution in [2.45, 2.75) is 25.9 Å². The van der Waals surface area contributed by atoms with Crippen molar-refractivity contribution < 1.29 is 9.59 Å². The van der Waals surface area contributed by atoms with Crippen LogP contribution in [0.2, 0.25) is 0 Å². The number of hydrogen-bond donors (Lipinski definition) is 0. The van der Waals surface area contributed by atoms with E-state index in [0.29, 0.717) is 18.7 Å². The summed E-state index contributed by atoms with van der Waals surface area (Å²) < 4.78 is 0. The number of amides is 2. The summed E-state index contributed by atoms with van der Waals surface area (Å²) in [6, 6.07) is 9.23. The third-order valence-corrected chi connectivity index (χ3v) is 4.17. The molecule has 1 aliphatic rings. The molecule has 1 saturated heterocycles. The summed E-state index contributed by atoms with van der Waals surface area (Å²) in [5, 5.41) is 0. The summed E-state index contributed by atoms with van der Waals surface area (Å²) in [5.41, 5.74) is 2.53. The molecule has 0 unspecified atom stereocenters. The Balaban J connectivity index is 1.85. The fraction of sp³-hybridized carbons (Fsp3) is 0.333. The highest BCUT2D eigenvalue weighted by molar-refractivity contribution is 5.94. The van der Waals surface area contributed by atoms with E-state index >= 15 is 0 Å². The number of aromatic nitrogens is 2. The van der Waals surface area contributed by atoms with Crippen LogP contribution in [0.5, 0.6) is 0 Å². The van der Waals surface area contributed by atoms with Gasteiger partial charge in [0.15, 0.2) is 0 Å². The van der Waals surface area contributed by atoms with Gasteiger partial charge in [-0.1, -0.05) is 30.3 Å². The van der Waals surface area contributed by atoms with Crippen molar-refractivity contribution in [3.05, 3.63) is 59.7 Å². The second-order valence-electron chi connectivity index (χ2n) is 6.07. The lowest BCUT2D eigenvalue weighted by atomic mass is 10.0. The van der Waals surface area contributed by atoms with Gasteiger partial charge in [0.1, 0.15) is 6.04 Å². The van der Waals surface area contributed by atoms with Gasteiger partial charge in [-0.25, -0.2) is 0 Å². The Morgan fingerprint density at radius 1 is 1.12 bits per heavy atom. The molecule has 0 bridgehead atoms. The van der Waals surface area contributed by atoms with Gasteiger partial charge in [-0.15, -0.1) is 0 Å². The molecule has 0 N–H and O–H groups in total. The number of piperazine rings is 1. The molecule has 1 atom stereocenters. The molecule has 2 heterocycles. The van der Waals surface area contributed by atoms with E-state index in [2.05, 4.69) is 9.97 Å². The zero-order chi connectivity index (χ0) is 17.1. The number of hydrogen-bond acceptors (Lipinski definition) is 4. The average molecular weight is 324 g/mol. The molecule has 0 radical (unpaired) electrons. The smallest absolute Gasteiger partial charge is 0.245 e. The van der Waals surface area contributed by atoms with Crippen molar-refractivity contribution in [3.63, 3.8) is 0 Å². The van der Waals surface area contributed by atoms with Gasteiger partial charge >= 0.3 is 0 Å². The number of likely N-dealkylation sites (N-methyl/N-ethyl adjacent to an activating group) is 1. The second kappa shape index (κ2) is 6.78. The zero-order valence-corrected chi connectivity index (χ0v) is 13.8. The van der Waals surface area contributed by atoms with E-state index in [-0.39, 0.29) is 18.4 Å². The van der Waals surface area contributed by atoms with Crippen molar-refractivity contribution in [3.8, 4) is 0 Å². The summed E-state index contributed by atoms with van der Waals surface area (Å²) in [6.45, 7) is 2.26. The van der Waals surface area contributed by atoms with Gasteiger partial charge in [0.2, 0.25) is 11.8 Å². The van der Waals surface area contributed by atoms with Crippen LogP contribution in [-0.4, -0.2) is 51.2 Å². The molecule has 1 aromatic carbocycles. The number of nitrogens with zero attached hydrogens (tertiary/aromatic N) is 4. The minimum Gasteiger partial charge on any atom is -0.335 e. The lowest BCUT2D eigenvalue weighted by molar-refractivity contribution is -0.155. The fourth-order valence-corrected chi connectivity index (χ4v) is 2.84. The Labute approximate surface area is 141 Å². The van der Waals surface area contributed by atoms with Crippen LogP contribution < -0.4 is 0 Å². The van der Waals surface area contributed by atoms with Crippen molar-refractivity contribution in [1.82, 2.24) is 19.8 Å². The van der Waals surface area contributed by atoms with E-state index in [9.17, 15) is 9.59 Å². The second-order valence-corrected chi connectivity index (χ2v) is 6.07. The topological polar surface area (TPSA) is 66.4 Å². The number of carbonyl (C=O) groups excluding carboxylic acids is 2. The van der Waals surface area contributed by atoms with Crippen LogP contribution in [0.15, 0.2) is 42.7 Å². The van der Waals surface area contributed by atoms with Crippen molar-refractivity contribution >= 4 is 11.8 Å². The molecule has 2 amide bonds. The highest BCUT2D eigenvalue weighted by Crippen LogP contribution is 2.18. The molecule has 0 aliphatic carbocycles. The molecule has 1 aromatic heterocycles. The first-order valence-electron chi connectivity index (χ1n) is 7.90. The van der Waals surface area contributed by atoms with E-state index in [1.807, 2.05) is 37.3 Å². The van der Waals surface area contributed by atoms with E-state index in [0.717, 1.165) is 11.3 Å². The summed E-state index contributed by atoms with van der Waals surface area (Å²) in [7, 11) is 1.67. The van der Waals surface area contributed by atoms with Gasteiger partial charge in [-0.2, -0.15) is 0 Å². The first-order chi connectivity index (χ1) is 11.5.